The van der Waals surface area contributed by atoms with Crippen molar-refractivity contribution in [3.63, 3.8) is 0 Å². The van der Waals surface area contributed by atoms with E-state index in [0.717, 1.165) is 12.1 Å². The van der Waals surface area contributed by atoms with Crippen LogP contribution < -0.4 is 15.4 Å². The van der Waals surface area contributed by atoms with Crippen LogP contribution >= 0.6 is 11.6 Å². The fourth-order valence-corrected chi connectivity index (χ4v) is 3.29. The molecule has 3 rings (SSSR count). The monoisotopic (exact) mass is 362 g/mol. The first-order chi connectivity index (χ1) is 12.0. The van der Waals surface area contributed by atoms with Gasteiger partial charge in [-0.05, 0) is 24.6 Å². The molecule has 0 spiro atoms. The van der Waals surface area contributed by atoms with Gasteiger partial charge in [-0.15, -0.1) is 0 Å². The number of carbonyl (C=O) groups excluding carboxylic acids is 1. The van der Waals surface area contributed by atoms with Crippen LogP contribution in [-0.4, -0.2) is 41.4 Å². The molecule has 0 saturated carbocycles. The molecule has 2 N–H and O–H groups in total. The molecule has 2 aromatic rings. The van der Waals surface area contributed by atoms with Crippen LogP contribution in [-0.2, 0) is 11.8 Å². The molecule has 0 aliphatic carbocycles. The van der Waals surface area contributed by atoms with E-state index in [0.29, 0.717) is 23.9 Å². The van der Waals surface area contributed by atoms with Gasteiger partial charge in [0.25, 0.3) is 0 Å². The summed E-state index contributed by atoms with van der Waals surface area (Å²) in [4.78, 5) is 12.6. The van der Waals surface area contributed by atoms with E-state index in [-0.39, 0.29) is 23.8 Å². The number of rotatable bonds is 6. The first-order valence-electron chi connectivity index (χ1n) is 8.42. The minimum Gasteiger partial charge on any atom is -0.487 e. The predicted molar refractivity (Wildman–Crippen MR) is 96.9 cm³/mol. The molecule has 134 valence electrons. The smallest absolute Gasteiger partial charge is 0.225 e. The van der Waals surface area contributed by atoms with Gasteiger partial charge >= 0.3 is 0 Å². The number of ether oxygens (including phenoxy) is 1. The Morgan fingerprint density at radius 3 is 3.00 bits per heavy atom. The molecule has 25 heavy (non-hydrogen) atoms. The number of halogens is 1. The number of nitrogens with zero attached hydrogens (tertiary/aromatic N) is 2. The molecule has 1 aliphatic rings. The first kappa shape index (κ1) is 17.8. The summed E-state index contributed by atoms with van der Waals surface area (Å²) >= 11 is 6.10. The van der Waals surface area contributed by atoms with Gasteiger partial charge in [-0.3, -0.25) is 9.48 Å². The quantitative estimate of drug-likeness (QED) is 0.824. The third-order valence-corrected chi connectivity index (χ3v) is 4.74. The van der Waals surface area contributed by atoms with Gasteiger partial charge in [0.15, 0.2) is 0 Å². The van der Waals surface area contributed by atoms with Crippen LogP contribution in [0.25, 0.3) is 0 Å². The van der Waals surface area contributed by atoms with Crippen LogP contribution in [0.15, 0.2) is 36.7 Å². The van der Waals surface area contributed by atoms with Crippen molar-refractivity contribution in [1.29, 1.82) is 0 Å². The summed E-state index contributed by atoms with van der Waals surface area (Å²) < 4.78 is 7.56. The van der Waals surface area contributed by atoms with Gasteiger partial charge in [-0.1, -0.05) is 23.7 Å². The Balaban J connectivity index is 1.54. The summed E-state index contributed by atoms with van der Waals surface area (Å²) in [6.07, 6.45) is 3.64. The van der Waals surface area contributed by atoms with E-state index in [9.17, 15) is 4.79 Å². The minimum absolute atomic E-state index is 0.0356. The molecule has 1 aromatic carbocycles. The molecule has 6 nitrogen and oxygen atoms in total. The molecule has 1 fully saturated rings. The summed E-state index contributed by atoms with van der Waals surface area (Å²) in [6.45, 7) is 3.80. The second-order valence-electron chi connectivity index (χ2n) is 6.42. The first-order valence-corrected chi connectivity index (χ1v) is 8.80. The van der Waals surface area contributed by atoms with Crippen molar-refractivity contribution in [3.05, 3.63) is 47.2 Å². The number of para-hydroxylation sites is 1. The fraction of sp³-hybridized carbons (Fsp3) is 0.444. The Morgan fingerprint density at radius 2 is 2.28 bits per heavy atom. The number of benzene rings is 1. The number of carbonyl (C=O) groups is 1. The highest BCUT2D eigenvalue weighted by molar-refractivity contribution is 6.32. The van der Waals surface area contributed by atoms with Crippen molar-refractivity contribution in [2.45, 2.75) is 18.9 Å². The molecule has 2 heterocycles. The van der Waals surface area contributed by atoms with Gasteiger partial charge in [-0.2, -0.15) is 5.10 Å². The number of aromatic nitrogens is 2. The van der Waals surface area contributed by atoms with E-state index in [2.05, 4.69) is 15.7 Å². The zero-order valence-corrected chi connectivity index (χ0v) is 15.2. The van der Waals surface area contributed by atoms with Crippen LogP contribution in [0.5, 0.6) is 5.75 Å². The van der Waals surface area contributed by atoms with Crippen molar-refractivity contribution >= 4 is 17.5 Å². The lowest BCUT2D eigenvalue weighted by Gasteiger charge is -2.20. The predicted octanol–water partition coefficient (Wildman–Crippen LogP) is 1.96. The van der Waals surface area contributed by atoms with Gasteiger partial charge < -0.3 is 15.4 Å². The van der Waals surface area contributed by atoms with Crippen molar-refractivity contribution in [1.82, 2.24) is 20.4 Å². The standard InChI is InChI=1S/C18H23ClN4O2/c1-12(25-17-6-4-3-5-16(17)19)7-21-18(24)15-10-20-9-14(15)13-8-22-23(2)11-13/h3-6,8,11-12,14-15,20H,7,9-10H2,1-2H3,(H,21,24)/t12?,14-,15+/m1/s1. The summed E-state index contributed by atoms with van der Waals surface area (Å²) in [5.41, 5.74) is 1.09. The molecule has 1 amide bonds. The Labute approximate surface area is 152 Å². The topological polar surface area (TPSA) is 68.2 Å². The molecule has 1 aromatic heterocycles. The van der Waals surface area contributed by atoms with E-state index < -0.39 is 0 Å². The average Bonchev–Trinajstić information content (AvgIpc) is 3.23. The molecule has 3 atom stereocenters. The van der Waals surface area contributed by atoms with E-state index in [1.807, 2.05) is 44.6 Å². The van der Waals surface area contributed by atoms with Gasteiger partial charge in [0, 0.05) is 32.3 Å². The second-order valence-corrected chi connectivity index (χ2v) is 6.83. The van der Waals surface area contributed by atoms with Gasteiger partial charge in [0.05, 0.1) is 23.7 Å². The molecule has 1 unspecified atom stereocenters. The van der Waals surface area contributed by atoms with Crippen LogP contribution in [0.3, 0.4) is 0 Å². The fourth-order valence-electron chi connectivity index (χ4n) is 3.11. The van der Waals surface area contributed by atoms with Gasteiger partial charge in [0.1, 0.15) is 11.9 Å². The molecule has 0 bridgehead atoms. The van der Waals surface area contributed by atoms with E-state index in [1.54, 1.807) is 10.7 Å². The lowest BCUT2D eigenvalue weighted by atomic mass is 9.90. The minimum atomic E-state index is -0.171. The van der Waals surface area contributed by atoms with Gasteiger partial charge in [-0.25, -0.2) is 0 Å². The summed E-state index contributed by atoms with van der Waals surface area (Å²) in [7, 11) is 1.88. The summed E-state index contributed by atoms with van der Waals surface area (Å²) in [5.74, 6) is 0.709. The molecular weight excluding hydrogens is 340 g/mol. The third-order valence-electron chi connectivity index (χ3n) is 4.43. The lowest BCUT2D eigenvalue weighted by molar-refractivity contribution is -0.125. The third kappa shape index (κ3) is 4.32. The Morgan fingerprint density at radius 1 is 1.48 bits per heavy atom. The summed E-state index contributed by atoms with van der Waals surface area (Å²) in [6, 6.07) is 7.33. The maximum atomic E-state index is 12.6. The van der Waals surface area contributed by atoms with E-state index in [1.165, 1.54) is 0 Å². The highest BCUT2D eigenvalue weighted by Gasteiger charge is 2.34. The molecule has 0 radical (unpaired) electrons. The van der Waals surface area contributed by atoms with E-state index >= 15 is 0 Å². The SMILES string of the molecule is CC(CNC(=O)[C@H]1CNC[C@@H]1c1cnn(C)c1)Oc1ccccc1Cl. The number of hydrogen-bond acceptors (Lipinski definition) is 4. The number of nitrogens with one attached hydrogen (secondary N) is 2. The normalized spacial score (nSPS) is 21.1. The maximum Gasteiger partial charge on any atom is 0.225 e. The maximum absolute atomic E-state index is 12.6. The second kappa shape index (κ2) is 7.89. The van der Waals surface area contributed by atoms with E-state index in [4.69, 9.17) is 16.3 Å². The largest absolute Gasteiger partial charge is 0.487 e. The number of amides is 1. The number of hydrogen-bond donors (Lipinski definition) is 2. The van der Waals surface area contributed by atoms with Crippen molar-refractivity contribution in [3.8, 4) is 5.75 Å². The lowest BCUT2D eigenvalue weighted by Crippen LogP contribution is -2.39. The van der Waals surface area contributed by atoms with Crippen molar-refractivity contribution in [2.75, 3.05) is 19.6 Å². The van der Waals surface area contributed by atoms with Crippen LogP contribution in [0.1, 0.15) is 18.4 Å². The zero-order chi connectivity index (χ0) is 17.8. The Kier molecular flexibility index (Phi) is 5.60. The highest BCUT2D eigenvalue weighted by atomic mass is 35.5. The van der Waals surface area contributed by atoms with Crippen molar-refractivity contribution < 1.29 is 9.53 Å². The molecular formula is C18H23ClN4O2. The van der Waals surface area contributed by atoms with Crippen molar-refractivity contribution in [2.24, 2.45) is 13.0 Å². The highest BCUT2D eigenvalue weighted by Crippen LogP contribution is 2.28. The van der Waals surface area contributed by atoms with Gasteiger partial charge in [0.2, 0.25) is 5.91 Å². The molecule has 7 heteroatoms. The van der Waals surface area contributed by atoms with Crippen LogP contribution in [0, 0.1) is 5.92 Å². The number of aryl methyl sites for hydroxylation is 1. The Hall–Kier alpha value is -2.05. The summed E-state index contributed by atoms with van der Waals surface area (Å²) in [5, 5.41) is 11.1. The molecule has 1 saturated heterocycles. The van der Waals surface area contributed by atoms with Crippen LogP contribution in [0.2, 0.25) is 5.02 Å². The van der Waals surface area contributed by atoms with Crippen LogP contribution in [0.4, 0.5) is 0 Å². The Bertz CT molecular complexity index is 733. The molecule has 1 aliphatic heterocycles. The zero-order valence-electron chi connectivity index (χ0n) is 14.4. The average molecular weight is 363 g/mol.